The largest absolute Gasteiger partial charge is 0.345 e. The third-order valence-corrected chi connectivity index (χ3v) is 6.50. The van der Waals surface area contributed by atoms with Gasteiger partial charge in [0.05, 0.1) is 29.2 Å². The summed E-state index contributed by atoms with van der Waals surface area (Å²) >= 11 is 0. The van der Waals surface area contributed by atoms with Gasteiger partial charge in [0.15, 0.2) is 0 Å². The molecule has 7 nitrogen and oxygen atoms in total. The minimum Gasteiger partial charge on any atom is -0.345 e. The van der Waals surface area contributed by atoms with Crippen LogP contribution in [0.3, 0.4) is 0 Å². The van der Waals surface area contributed by atoms with Crippen LogP contribution in [-0.2, 0) is 14.8 Å². The highest BCUT2D eigenvalue weighted by Crippen LogP contribution is 2.20. The van der Waals surface area contributed by atoms with Gasteiger partial charge in [-0.15, -0.1) is 0 Å². The summed E-state index contributed by atoms with van der Waals surface area (Å²) in [5, 5.41) is 5.74. The van der Waals surface area contributed by atoms with Crippen molar-refractivity contribution in [3.8, 4) is 0 Å². The second kappa shape index (κ2) is 11.5. The monoisotopic (exact) mass is 479 g/mol. The van der Waals surface area contributed by atoms with Gasteiger partial charge in [-0.3, -0.25) is 13.9 Å². The molecule has 0 saturated heterocycles. The molecule has 0 bridgehead atoms. The number of hydrogen-bond donors (Lipinski definition) is 2. The molecule has 0 aliphatic carbocycles. The number of benzene rings is 3. The molecule has 2 N–H and O–H groups in total. The van der Waals surface area contributed by atoms with E-state index >= 15 is 0 Å². The highest BCUT2D eigenvalue weighted by Gasteiger charge is 2.19. The molecule has 3 aromatic carbocycles. The first kappa shape index (κ1) is 25.0. The van der Waals surface area contributed by atoms with Gasteiger partial charge in [-0.1, -0.05) is 60.7 Å². The van der Waals surface area contributed by atoms with E-state index in [0.717, 1.165) is 11.8 Å². The normalized spacial score (nSPS) is 11.9. The maximum Gasteiger partial charge on any atom is 0.253 e. The fourth-order valence-corrected chi connectivity index (χ4v) is 4.53. The highest BCUT2D eigenvalue weighted by atomic mass is 32.2. The Labute approximate surface area is 200 Å². The smallest absolute Gasteiger partial charge is 0.253 e. The standard InChI is InChI=1S/C26H29N3O4S/c1-20(21-12-5-3-6-13-21)27-26(31)23-16-9-10-17-24(23)28-25(30)18-11-19-29(34(2,32)33)22-14-7-4-8-15-22/h3-10,12-17,20H,11,18-19H2,1-2H3,(H,27,31)(H,28,30). The summed E-state index contributed by atoms with van der Waals surface area (Å²) in [6.07, 6.45) is 1.58. The van der Waals surface area contributed by atoms with E-state index in [4.69, 9.17) is 0 Å². The number of nitrogens with zero attached hydrogens (tertiary/aromatic N) is 1. The number of carbonyl (C=O) groups is 2. The number of anilines is 2. The van der Waals surface area contributed by atoms with Crippen molar-refractivity contribution in [1.82, 2.24) is 5.32 Å². The van der Waals surface area contributed by atoms with Crippen LogP contribution in [0.2, 0.25) is 0 Å². The number of amides is 2. The summed E-state index contributed by atoms with van der Waals surface area (Å²) in [6, 6.07) is 25.0. The SMILES string of the molecule is CC(NC(=O)c1ccccc1NC(=O)CCCN(c1ccccc1)S(C)(=O)=O)c1ccccc1. The molecule has 1 atom stereocenters. The zero-order valence-corrected chi connectivity index (χ0v) is 20.1. The molecule has 3 aromatic rings. The Morgan fingerprint density at radius 3 is 2.12 bits per heavy atom. The zero-order chi connectivity index (χ0) is 24.6. The molecule has 0 heterocycles. The van der Waals surface area contributed by atoms with Crippen LogP contribution in [0.1, 0.15) is 41.7 Å². The van der Waals surface area contributed by atoms with Gasteiger partial charge in [0.1, 0.15) is 0 Å². The molecule has 3 rings (SSSR count). The molecule has 34 heavy (non-hydrogen) atoms. The van der Waals surface area contributed by atoms with Crippen molar-refractivity contribution in [2.75, 3.05) is 22.4 Å². The van der Waals surface area contributed by atoms with Crippen molar-refractivity contribution in [2.24, 2.45) is 0 Å². The van der Waals surface area contributed by atoms with Gasteiger partial charge in [-0.25, -0.2) is 8.42 Å². The fraction of sp³-hybridized carbons (Fsp3) is 0.231. The van der Waals surface area contributed by atoms with E-state index in [1.807, 2.05) is 43.3 Å². The van der Waals surface area contributed by atoms with Crippen LogP contribution in [0.5, 0.6) is 0 Å². The average molecular weight is 480 g/mol. The second-order valence-corrected chi connectivity index (χ2v) is 9.88. The van der Waals surface area contributed by atoms with Crippen molar-refractivity contribution < 1.29 is 18.0 Å². The lowest BCUT2D eigenvalue weighted by molar-refractivity contribution is -0.116. The van der Waals surface area contributed by atoms with Crippen molar-refractivity contribution >= 4 is 33.2 Å². The predicted octanol–water partition coefficient (Wildman–Crippen LogP) is 4.36. The van der Waals surface area contributed by atoms with Crippen LogP contribution in [0.15, 0.2) is 84.9 Å². The van der Waals surface area contributed by atoms with Crippen molar-refractivity contribution in [3.63, 3.8) is 0 Å². The molecule has 0 aliphatic rings. The molecule has 178 valence electrons. The Kier molecular flexibility index (Phi) is 8.43. The Balaban J connectivity index is 1.60. The van der Waals surface area contributed by atoms with E-state index in [1.165, 1.54) is 4.31 Å². The topological polar surface area (TPSA) is 95.6 Å². The first-order valence-corrected chi connectivity index (χ1v) is 12.9. The Hall–Kier alpha value is -3.65. The number of para-hydroxylation sites is 2. The van der Waals surface area contributed by atoms with Gasteiger partial charge in [0, 0.05) is 13.0 Å². The molecule has 1 unspecified atom stereocenters. The molecule has 0 aromatic heterocycles. The lowest BCUT2D eigenvalue weighted by Crippen LogP contribution is -2.31. The number of hydrogen-bond acceptors (Lipinski definition) is 4. The van der Waals surface area contributed by atoms with Crippen LogP contribution in [0.25, 0.3) is 0 Å². The lowest BCUT2D eigenvalue weighted by Gasteiger charge is -2.22. The molecule has 0 radical (unpaired) electrons. The molecule has 0 aliphatic heterocycles. The minimum atomic E-state index is -3.48. The van der Waals surface area contributed by atoms with E-state index in [1.54, 1.807) is 48.5 Å². The second-order valence-electron chi connectivity index (χ2n) is 7.97. The molecular formula is C26H29N3O4S. The molecular weight excluding hydrogens is 450 g/mol. The van der Waals surface area contributed by atoms with Crippen molar-refractivity contribution in [3.05, 3.63) is 96.1 Å². The summed E-state index contributed by atoms with van der Waals surface area (Å²) < 4.78 is 25.7. The van der Waals surface area contributed by atoms with Crippen LogP contribution in [0, 0.1) is 0 Å². The third kappa shape index (κ3) is 6.92. The number of rotatable bonds is 10. The van der Waals surface area contributed by atoms with Gasteiger partial charge in [0.25, 0.3) is 5.91 Å². The Bertz CT molecular complexity index is 1220. The molecule has 0 fully saturated rings. The van der Waals surface area contributed by atoms with Gasteiger partial charge in [-0.2, -0.15) is 0 Å². The summed E-state index contributed by atoms with van der Waals surface area (Å²) in [6.45, 7) is 2.07. The van der Waals surface area contributed by atoms with Crippen LogP contribution in [0.4, 0.5) is 11.4 Å². The molecule has 8 heteroatoms. The number of nitrogens with one attached hydrogen (secondary N) is 2. The van der Waals surface area contributed by atoms with Gasteiger partial charge >= 0.3 is 0 Å². The van der Waals surface area contributed by atoms with Gasteiger partial charge in [-0.05, 0) is 43.2 Å². The van der Waals surface area contributed by atoms with E-state index in [-0.39, 0.29) is 30.8 Å². The Morgan fingerprint density at radius 1 is 0.882 bits per heavy atom. The van der Waals surface area contributed by atoms with Crippen molar-refractivity contribution in [1.29, 1.82) is 0 Å². The molecule has 0 spiro atoms. The van der Waals surface area contributed by atoms with E-state index in [2.05, 4.69) is 10.6 Å². The summed E-state index contributed by atoms with van der Waals surface area (Å²) in [5.74, 6) is -0.586. The summed E-state index contributed by atoms with van der Waals surface area (Å²) in [5.41, 5.74) is 2.31. The summed E-state index contributed by atoms with van der Waals surface area (Å²) in [7, 11) is -3.48. The maximum atomic E-state index is 12.9. The summed E-state index contributed by atoms with van der Waals surface area (Å²) in [4.78, 5) is 25.5. The van der Waals surface area contributed by atoms with Crippen LogP contribution < -0.4 is 14.9 Å². The van der Waals surface area contributed by atoms with Gasteiger partial charge < -0.3 is 10.6 Å². The molecule has 0 saturated carbocycles. The first-order chi connectivity index (χ1) is 16.3. The van der Waals surface area contributed by atoms with E-state index in [9.17, 15) is 18.0 Å². The number of carbonyl (C=O) groups excluding carboxylic acids is 2. The van der Waals surface area contributed by atoms with Crippen LogP contribution in [-0.4, -0.2) is 33.0 Å². The highest BCUT2D eigenvalue weighted by molar-refractivity contribution is 7.92. The molecule has 2 amide bonds. The third-order valence-electron chi connectivity index (χ3n) is 5.30. The minimum absolute atomic E-state index is 0.106. The van der Waals surface area contributed by atoms with Crippen molar-refractivity contribution in [2.45, 2.75) is 25.8 Å². The maximum absolute atomic E-state index is 12.9. The quantitative estimate of drug-likeness (QED) is 0.452. The zero-order valence-electron chi connectivity index (χ0n) is 19.3. The Morgan fingerprint density at radius 2 is 1.47 bits per heavy atom. The van der Waals surface area contributed by atoms with Gasteiger partial charge in [0.2, 0.25) is 15.9 Å². The average Bonchev–Trinajstić information content (AvgIpc) is 2.82. The number of sulfonamides is 1. The van der Waals surface area contributed by atoms with E-state index in [0.29, 0.717) is 23.4 Å². The lowest BCUT2D eigenvalue weighted by atomic mass is 10.1. The fourth-order valence-electron chi connectivity index (χ4n) is 3.57. The first-order valence-electron chi connectivity index (χ1n) is 11.0. The van der Waals surface area contributed by atoms with Crippen LogP contribution >= 0.6 is 0 Å². The van der Waals surface area contributed by atoms with E-state index < -0.39 is 10.0 Å². The predicted molar refractivity (Wildman–Crippen MR) is 135 cm³/mol.